The van der Waals surface area contributed by atoms with Gasteiger partial charge >= 0.3 is 5.97 Å². The molecule has 0 fully saturated rings. The molecule has 0 saturated carbocycles. The molecule has 1 aliphatic carbocycles. The minimum Gasteiger partial charge on any atom is -0.465 e. The topological polar surface area (TPSA) is 26.3 Å². The molecule has 3 atom stereocenters. The SMILES string of the molecule is CC#CC(C)C1=CC(C)/C=C\C(C)(C(=O)OCC)C=C1. The monoisotopic (exact) mass is 272 g/mol. The fraction of sp³-hybridized carbons (Fsp3) is 0.500. The largest absolute Gasteiger partial charge is 0.465 e. The first kappa shape index (κ1) is 16.3. The molecular formula is C18H24O2. The van der Waals surface area contributed by atoms with Crippen molar-refractivity contribution in [3.63, 3.8) is 0 Å². The zero-order valence-electron chi connectivity index (χ0n) is 13.1. The summed E-state index contributed by atoms with van der Waals surface area (Å²) in [5.41, 5.74) is 0.440. The van der Waals surface area contributed by atoms with Crippen LogP contribution in [0.4, 0.5) is 0 Å². The van der Waals surface area contributed by atoms with E-state index in [0.717, 1.165) is 5.57 Å². The quantitative estimate of drug-likeness (QED) is 0.442. The summed E-state index contributed by atoms with van der Waals surface area (Å²) >= 11 is 0. The molecule has 1 rings (SSSR count). The van der Waals surface area contributed by atoms with E-state index in [9.17, 15) is 4.79 Å². The Balaban J connectivity index is 3.12. The molecule has 3 unspecified atom stereocenters. The van der Waals surface area contributed by atoms with Crippen molar-refractivity contribution in [2.24, 2.45) is 17.3 Å². The van der Waals surface area contributed by atoms with Crippen molar-refractivity contribution in [2.45, 2.75) is 34.6 Å². The summed E-state index contributed by atoms with van der Waals surface area (Å²) in [5, 5.41) is 0. The van der Waals surface area contributed by atoms with E-state index in [1.165, 1.54) is 0 Å². The summed E-state index contributed by atoms with van der Waals surface area (Å²) in [7, 11) is 0. The van der Waals surface area contributed by atoms with Gasteiger partial charge in [-0.3, -0.25) is 4.79 Å². The lowest BCUT2D eigenvalue weighted by Crippen LogP contribution is -2.26. The van der Waals surface area contributed by atoms with Crippen LogP contribution in [0.1, 0.15) is 34.6 Å². The van der Waals surface area contributed by atoms with E-state index < -0.39 is 5.41 Å². The summed E-state index contributed by atoms with van der Waals surface area (Å²) in [6.45, 7) is 10.1. The molecule has 0 saturated heterocycles. The van der Waals surface area contributed by atoms with Crippen molar-refractivity contribution in [1.82, 2.24) is 0 Å². The molecule has 108 valence electrons. The third-order valence-corrected chi connectivity index (χ3v) is 3.40. The highest BCUT2D eigenvalue weighted by molar-refractivity contribution is 5.81. The first-order valence-electron chi connectivity index (χ1n) is 7.12. The van der Waals surface area contributed by atoms with Gasteiger partial charge in [0.1, 0.15) is 5.41 Å². The lowest BCUT2D eigenvalue weighted by Gasteiger charge is -2.22. The standard InChI is InChI=1S/C18H24O2/c1-6-8-15(4)16-10-12-18(5,17(19)20-7-2)11-9-14(3)13-16/h9-15H,7H2,1-5H3/b11-9-,12-10?,16-13?. The Hall–Kier alpha value is -1.75. The van der Waals surface area contributed by atoms with Gasteiger partial charge < -0.3 is 4.74 Å². The Bertz CT molecular complexity index is 499. The zero-order chi connectivity index (χ0) is 15.2. The lowest BCUT2D eigenvalue weighted by atomic mass is 9.84. The van der Waals surface area contributed by atoms with Crippen LogP contribution in [-0.4, -0.2) is 12.6 Å². The van der Waals surface area contributed by atoms with Crippen LogP contribution in [0.15, 0.2) is 36.0 Å². The second-order valence-corrected chi connectivity index (χ2v) is 5.34. The van der Waals surface area contributed by atoms with E-state index in [4.69, 9.17) is 4.74 Å². The summed E-state index contributed by atoms with van der Waals surface area (Å²) in [6, 6.07) is 0. The number of carbonyl (C=O) groups excluding carboxylic acids is 1. The molecule has 2 nitrogen and oxygen atoms in total. The van der Waals surface area contributed by atoms with Gasteiger partial charge in [0.25, 0.3) is 0 Å². The van der Waals surface area contributed by atoms with E-state index in [1.54, 1.807) is 0 Å². The van der Waals surface area contributed by atoms with Crippen LogP contribution < -0.4 is 0 Å². The van der Waals surface area contributed by atoms with Gasteiger partial charge in [0.05, 0.1) is 6.61 Å². The molecule has 0 aromatic carbocycles. The van der Waals surface area contributed by atoms with Gasteiger partial charge in [0.15, 0.2) is 0 Å². The van der Waals surface area contributed by atoms with Crippen LogP contribution in [0.3, 0.4) is 0 Å². The summed E-state index contributed by atoms with van der Waals surface area (Å²) in [5.74, 6) is 6.32. The van der Waals surface area contributed by atoms with Crippen molar-refractivity contribution in [1.29, 1.82) is 0 Å². The van der Waals surface area contributed by atoms with Gasteiger partial charge in [0.2, 0.25) is 0 Å². The van der Waals surface area contributed by atoms with Gasteiger partial charge in [-0.05, 0) is 39.2 Å². The first-order valence-corrected chi connectivity index (χ1v) is 7.12. The van der Waals surface area contributed by atoms with Gasteiger partial charge in [-0.15, -0.1) is 5.92 Å². The van der Waals surface area contributed by atoms with E-state index in [2.05, 4.69) is 31.8 Å². The number of carbonyl (C=O) groups is 1. The third-order valence-electron chi connectivity index (χ3n) is 3.40. The van der Waals surface area contributed by atoms with Gasteiger partial charge in [0, 0.05) is 5.92 Å². The molecule has 20 heavy (non-hydrogen) atoms. The smallest absolute Gasteiger partial charge is 0.319 e. The second-order valence-electron chi connectivity index (χ2n) is 5.34. The maximum absolute atomic E-state index is 12.1. The number of allylic oxidation sites excluding steroid dienone is 4. The molecule has 2 heteroatoms. The predicted molar refractivity (Wildman–Crippen MR) is 82.9 cm³/mol. The highest BCUT2D eigenvalue weighted by atomic mass is 16.5. The number of ether oxygens (including phenoxy) is 1. The average molecular weight is 272 g/mol. The van der Waals surface area contributed by atoms with Crippen LogP contribution in [0, 0.1) is 29.1 Å². The van der Waals surface area contributed by atoms with E-state index in [1.807, 2.05) is 45.1 Å². The van der Waals surface area contributed by atoms with Crippen LogP contribution in [0.2, 0.25) is 0 Å². The Morgan fingerprint density at radius 2 is 2.20 bits per heavy atom. The highest BCUT2D eigenvalue weighted by Gasteiger charge is 2.30. The van der Waals surface area contributed by atoms with Crippen LogP contribution >= 0.6 is 0 Å². The van der Waals surface area contributed by atoms with E-state index in [-0.39, 0.29) is 17.8 Å². The minimum absolute atomic E-state index is 0.164. The molecule has 0 spiro atoms. The summed E-state index contributed by atoms with van der Waals surface area (Å²) in [6.07, 6.45) is 10.1. The predicted octanol–water partition coefficient (Wildman–Crippen LogP) is 3.90. The van der Waals surface area contributed by atoms with E-state index in [0.29, 0.717) is 6.61 Å². The van der Waals surface area contributed by atoms with Crippen molar-refractivity contribution in [3.05, 3.63) is 36.0 Å². The van der Waals surface area contributed by atoms with Crippen LogP contribution in [0.25, 0.3) is 0 Å². The Kier molecular flexibility index (Phi) is 5.82. The number of hydrogen-bond donors (Lipinski definition) is 0. The maximum Gasteiger partial charge on any atom is 0.319 e. The normalized spacial score (nSPS) is 28.2. The van der Waals surface area contributed by atoms with Crippen molar-refractivity contribution >= 4 is 5.97 Å². The number of esters is 1. The van der Waals surface area contributed by atoms with Crippen molar-refractivity contribution < 1.29 is 9.53 Å². The van der Waals surface area contributed by atoms with Crippen LogP contribution in [-0.2, 0) is 9.53 Å². The maximum atomic E-state index is 12.1. The van der Waals surface area contributed by atoms with E-state index >= 15 is 0 Å². The summed E-state index contributed by atoms with van der Waals surface area (Å²) in [4.78, 5) is 12.1. The zero-order valence-corrected chi connectivity index (χ0v) is 13.1. The average Bonchev–Trinajstić information content (AvgIpc) is 2.39. The Morgan fingerprint density at radius 1 is 1.50 bits per heavy atom. The second kappa shape index (κ2) is 7.14. The fourth-order valence-electron chi connectivity index (χ4n) is 2.10. The molecule has 1 aliphatic rings. The fourth-order valence-corrected chi connectivity index (χ4v) is 2.10. The molecule has 0 aliphatic heterocycles. The van der Waals surface area contributed by atoms with Gasteiger partial charge in [-0.1, -0.05) is 43.2 Å². The molecule has 0 radical (unpaired) electrons. The third kappa shape index (κ3) is 4.13. The van der Waals surface area contributed by atoms with Gasteiger partial charge in [-0.2, -0.15) is 0 Å². The minimum atomic E-state index is -0.705. The lowest BCUT2D eigenvalue weighted by molar-refractivity contribution is -0.149. The molecule has 0 aromatic rings. The highest BCUT2D eigenvalue weighted by Crippen LogP contribution is 2.28. The molecule has 0 aromatic heterocycles. The molecular weight excluding hydrogens is 248 g/mol. The van der Waals surface area contributed by atoms with Crippen molar-refractivity contribution in [3.8, 4) is 11.8 Å². The number of hydrogen-bond acceptors (Lipinski definition) is 2. The van der Waals surface area contributed by atoms with Crippen molar-refractivity contribution in [2.75, 3.05) is 6.61 Å². The first-order chi connectivity index (χ1) is 9.42. The number of rotatable bonds is 3. The molecule has 0 bridgehead atoms. The Morgan fingerprint density at radius 3 is 2.80 bits per heavy atom. The molecule has 0 amide bonds. The molecule has 0 N–H and O–H groups in total. The Labute approximate surface area is 122 Å². The summed E-state index contributed by atoms with van der Waals surface area (Å²) < 4.78 is 5.17. The van der Waals surface area contributed by atoms with Gasteiger partial charge in [-0.25, -0.2) is 0 Å². The van der Waals surface area contributed by atoms with Crippen LogP contribution in [0.5, 0.6) is 0 Å². The molecule has 0 heterocycles.